The third kappa shape index (κ3) is 5.30. The van der Waals surface area contributed by atoms with E-state index in [4.69, 9.17) is 4.98 Å². The monoisotopic (exact) mass is 528 g/mol. The number of rotatable bonds is 7. The molecule has 5 rings (SSSR count). The van der Waals surface area contributed by atoms with Crippen molar-refractivity contribution in [2.75, 3.05) is 18.4 Å². The summed E-state index contributed by atoms with van der Waals surface area (Å²) in [6.45, 7) is 9.16. The van der Waals surface area contributed by atoms with Crippen LogP contribution in [-0.4, -0.2) is 37.6 Å². The van der Waals surface area contributed by atoms with Gasteiger partial charge in [-0.2, -0.15) is 9.61 Å². The number of nitrogens with one attached hydrogen (secondary N) is 1. The Morgan fingerprint density at radius 3 is 2.86 bits per heavy atom. The van der Waals surface area contributed by atoms with E-state index in [0.29, 0.717) is 12.5 Å². The Hall–Kier alpha value is -3.45. The molecule has 1 fully saturated rings. The molecule has 1 unspecified atom stereocenters. The van der Waals surface area contributed by atoms with Crippen LogP contribution in [0.1, 0.15) is 42.5 Å². The molecule has 1 N–H and O–H groups in total. The van der Waals surface area contributed by atoms with Gasteiger partial charge in [-0.25, -0.2) is 4.98 Å². The largest absolute Gasteiger partial charge is 0.371 e. The molecule has 178 valence electrons. The maximum Gasteiger partial charge on any atom is 0.171 e. The van der Waals surface area contributed by atoms with Crippen molar-refractivity contribution < 1.29 is 0 Å². The number of hydrogen-bond donors (Lipinski definition) is 1. The number of allylic oxidation sites excluding steroid dienone is 1. The van der Waals surface area contributed by atoms with Gasteiger partial charge in [0.1, 0.15) is 5.82 Å². The molecule has 0 saturated carbocycles. The molecule has 4 heterocycles. The number of anilines is 1. The second kappa shape index (κ2) is 10.4. The van der Waals surface area contributed by atoms with Crippen molar-refractivity contribution in [1.82, 2.24) is 24.5 Å². The molecule has 1 aliphatic heterocycles. The molecule has 0 bridgehead atoms. The lowest BCUT2D eigenvalue weighted by atomic mass is 9.93. The Morgan fingerprint density at radius 2 is 2.06 bits per heavy atom. The summed E-state index contributed by atoms with van der Waals surface area (Å²) in [5.74, 6) is 1.24. The van der Waals surface area contributed by atoms with Gasteiger partial charge in [-0.1, -0.05) is 49.1 Å². The summed E-state index contributed by atoms with van der Waals surface area (Å²) < 4.78 is 2.75. The average molecular weight is 529 g/mol. The Morgan fingerprint density at radius 1 is 1.20 bits per heavy atom. The average Bonchev–Trinajstić information content (AvgIpc) is 3.28. The lowest BCUT2D eigenvalue weighted by Crippen LogP contribution is -2.34. The highest BCUT2D eigenvalue weighted by atomic mass is 79.9. The number of aromatic nitrogens is 4. The summed E-state index contributed by atoms with van der Waals surface area (Å²) in [4.78, 5) is 11.6. The van der Waals surface area contributed by atoms with Gasteiger partial charge in [0.05, 0.1) is 16.4 Å². The minimum absolute atomic E-state index is 0.316. The molecule has 0 amide bonds. The van der Waals surface area contributed by atoms with Crippen LogP contribution < -0.4 is 5.32 Å². The summed E-state index contributed by atoms with van der Waals surface area (Å²) in [5, 5.41) is 8.06. The fourth-order valence-electron chi connectivity index (χ4n) is 4.58. The van der Waals surface area contributed by atoms with Gasteiger partial charge in [-0.3, -0.25) is 4.98 Å². The highest BCUT2D eigenvalue weighted by Crippen LogP contribution is 2.32. The zero-order chi connectivity index (χ0) is 24.2. The molecule has 0 spiro atoms. The number of likely N-dealkylation sites (tertiary alicyclic amines) is 1. The lowest BCUT2D eigenvalue weighted by Gasteiger charge is -2.36. The normalized spacial score (nSPS) is 16.5. The van der Waals surface area contributed by atoms with Crippen LogP contribution >= 0.6 is 15.9 Å². The first-order valence-corrected chi connectivity index (χ1v) is 12.7. The highest BCUT2D eigenvalue weighted by molar-refractivity contribution is 9.10. The van der Waals surface area contributed by atoms with Crippen LogP contribution in [0, 0.1) is 0 Å². The van der Waals surface area contributed by atoms with Gasteiger partial charge in [0.25, 0.3) is 0 Å². The standard InChI is InChI=1S/C28H29BrN6/c1-20(14-22-8-4-3-5-9-22)21(2)34-13-7-11-24(19-34)26-15-27(31-17-23-10-6-12-30-16-23)35-28(33-26)25(29)18-32-35/h3-6,8-10,12,14-16,18,24,31H,2,7,11,13,17,19H2,1H3/b20-14+. The first kappa shape index (κ1) is 23.3. The number of halogens is 1. The van der Waals surface area contributed by atoms with Crippen LogP contribution in [0.25, 0.3) is 11.7 Å². The number of hydrogen-bond acceptors (Lipinski definition) is 5. The Kier molecular flexibility index (Phi) is 6.95. The maximum absolute atomic E-state index is 5.01. The van der Waals surface area contributed by atoms with E-state index in [0.717, 1.165) is 58.8 Å². The van der Waals surface area contributed by atoms with E-state index in [1.165, 1.54) is 11.1 Å². The molecule has 1 atom stereocenters. The van der Waals surface area contributed by atoms with Gasteiger partial charge in [-0.15, -0.1) is 0 Å². The van der Waals surface area contributed by atoms with Gasteiger partial charge >= 0.3 is 0 Å². The second-order valence-corrected chi connectivity index (χ2v) is 9.83. The van der Waals surface area contributed by atoms with Crippen molar-refractivity contribution in [1.29, 1.82) is 0 Å². The zero-order valence-corrected chi connectivity index (χ0v) is 21.4. The molecule has 0 aliphatic carbocycles. The molecule has 4 aromatic rings. The quantitative estimate of drug-likeness (QED) is 0.285. The number of piperidine rings is 1. The molecule has 1 aromatic carbocycles. The summed E-state index contributed by atoms with van der Waals surface area (Å²) in [5.41, 5.74) is 6.49. The lowest BCUT2D eigenvalue weighted by molar-refractivity contribution is 0.261. The van der Waals surface area contributed by atoms with Crippen LogP contribution in [0.3, 0.4) is 0 Å². The van der Waals surface area contributed by atoms with Crippen molar-refractivity contribution in [3.8, 4) is 0 Å². The Balaban J connectivity index is 1.38. The van der Waals surface area contributed by atoms with Gasteiger partial charge in [0.2, 0.25) is 0 Å². The first-order valence-electron chi connectivity index (χ1n) is 11.9. The van der Waals surface area contributed by atoms with Crippen LogP contribution in [0.15, 0.2) is 89.4 Å². The molecule has 7 heteroatoms. The van der Waals surface area contributed by atoms with Crippen LogP contribution in [0.2, 0.25) is 0 Å². The molecule has 1 aliphatic rings. The maximum atomic E-state index is 5.01. The summed E-state index contributed by atoms with van der Waals surface area (Å²) in [7, 11) is 0. The molecular formula is C28H29BrN6. The van der Waals surface area contributed by atoms with Crippen molar-refractivity contribution in [2.24, 2.45) is 0 Å². The topological polar surface area (TPSA) is 58.4 Å². The number of pyridine rings is 1. The van der Waals surface area contributed by atoms with Gasteiger partial charge in [0, 0.05) is 49.7 Å². The van der Waals surface area contributed by atoms with Crippen LogP contribution in [0.4, 0.5) is 5.82 Å². The van der Waals surface area contributed by atoms with Gasteiger partial charge in [-0.05, 0) is 58.5 Å². The fourth-order valence-corrected chi connectivity index (χ4v) is 4.93. The number of benzene rings is 1. The van der Waals surface area contributed by atoms with E-state index in [1.807, 2.05) is 22.8 Å². The fraction of sp³-hybridized carbons (Fsp3) is 0.250. The third-order valence-electron chi connectivity index (χ3n) is 6.50. The Labute approximate surface area is 214 Å². The second-order valence-electron chi connectivity index (χ2n) is 8.98. The van der Waals surface area contributed by atoms with Crippen molar-refractivity contribution in [3.63, 3.8) is 0 Å². The predicted molar refractivity (Wildman–Crippen MR) is 145 cm³/mol. The third-order valence-corrected chi connectivity index (χ3v) is 7.06. The summed E-state index contributed by atoms with van der Waals surface area (Å²) in [6, 6.07) is 16.6. The number of nitrogens with zero attached hydrogens (tertiary/aromatic N) is 5. The van der Waals surface area contributed by atoms with E-state index in [2.05, 4.69) is 92.2 Å². The summed E-state index contributed by atoms with van der Waals surface area (Å²) >= 11 is 3.63. The first-order chi connectivity index (χ1) is 17.1. The van der Waals surface area contributed by atoms with E-state index < -0.39 is 0 Å². The molecule has 35 heavy (non-hydrogen) atoms. The minimum Gasteiger partial charge on any atom is -0.371 e. The molecular weight excluding hydrogens is 500 g/mol. The van der Waals surface area contributed by atoms with Crippen molar-refractivity contribution in [2.45, 2.75) is 32.2 Å². The van der Waals surface area contributed by atoms with E-state index >= 15 is 0 Å². The van der Waals surface area contributed by atoms with E-state index in [1.54, 1.807) is 12.4 Å². The molecule has 3 aromatic heterocycles. The van der Waals surface area contributed by atoms with Gasteiger partial charge in [0.15, 0.2) is 5.65 Å². The van der Waals surface area contributed by atoms with Crippen LogP contribution in [-0.2, 0) is 6.54 Å². The van der Waals surface area contributed by atoms with Crippen molar-refractivity contribution >= 4 is 33.5 Å². The van der Waals surface area contributed by atoms with E-state index in [9.17, 15) is 0 Å². The zero-order valence-electron chi connectivity index (χ0n) is 19.9. The van der Waals surface area contributed by atoms with E-state index in [-0.39, 0.29) is 0 Å². The molecule has 0 radical (unpaired) electrons. The highest BCUT2D eigenvalue weighted by Gasteiger charge is 2.25. The number of fused-ring (bicyclic) bond motifs is 1. The Bertz CT molecular complexity index is 1350. The SMILES string of the molecule is C=C(/C(C)=C/c1ccccc1)N1CCCC(c2cc(NCc3cccnc3)n3ncc(Br)c3n2)C1. The minimum atomic E-state index is 0.316. The van der Waals surface area contributed by atoms with Gasteiger partial charge < -0.3 is 10.2 Å². The summed E-state index contributed by atoms with van der Waals surface area (Å²) in [6.07, 6.45) is 9.88. The molecule has 1 saturated heterocycles. The predicted octanol–water partition coefficient (Wildman–Crippen LogP) is 6.30. The molecule has 6 nitrogen and oxygen atoms in total. The smallest absolute Gasteiger partial charge is 0.171 e. The van der Waals surface area contributed by atoms with Crippen molar-refractivity contribution in [3.05, 3.63) is 106 Å². The van der Waals surface area contributed by atoms with Crippen LogP contribution in [0.5, 0.6) is 0 Å².